The number of amides is 2. The first kappa shape index (κ1) is 20.2. The molecule has 1 N–H and O–H groups in total. The third-order valence-corrected chi connectivity index (χ3v) is 6.32. The van der Waals surface area contributed by atoms with E-state index in [9.17, 15) is 9.59 Å². The van der Waals surface area contributed by atoms with Crippen LogP contribution in [0, 0.1) is 5.92 Å². The van der Waals surface area contributed by atoms with Crippen molar-refractivity contribution in [1.82, 2.24) is 4.90 Å². The van der Waals surface area contributed by atoms with Crippen molar-refractivity contribution in [3.05, 3.63) is 78.3 Å². The molecule has 1 fully saturated rings. The number of benzene rings is 2. The molecule has 32 heavy (non-hydrogen) atoms. The monoisotopic (exact) mass is 431 g/mol. The van der Waals surface area contributed by atoms with Gasteiger partial charge in [-0.1, -0.05) is 24.3 Å². The molecule has 2 aliphatic rings. The second-order valence-electron chi connectivity index (χ2n) is 8.15. The van der Waals surface area contributed by atoms with Crippen molar-refractivity contribution < 1.29 is 18.7 Å². The SMILES string of the molecule is COc1cccc(NC(=O)C2Cc3ccccc3N3CCN(C(=O)c4ccco4)CC23)c1. The molecule has 3 aromatic rings. The Labute approximate surface area is 186 Å². The summed E-state index contributed by atoms with van der Waals surface area (Å²) in [7, 11) is 1.60. The van der Waals surface area contributed by atoms with Gasteiger partial charge in [-0.3, -0.25) is 9.59 Å². The summed E-state index contributed by atoms with van der Waals surface area (Å²) in [6.07, 6.45) is 2.13. The molecule has 2 atom stereocenters. The normalized spacial score (nSPS) is 19.7. The molecule has 0 spiro atoms. The molecule has 5 rings (SSSR count). The van der Waals surface area contributed by atoms with E-state index in [4.69, 9.17) is 9.15 Å². The van der Waals surface area contributed by atoms with Crippen molar-refractivity contribution in [3.8, 4) is 5.75 Å². The number of para-hydroxylation sites is 1. The lowest BCUT2D eigenvalue weighted by Gasteiger charge is -2.48. The molecule has 7 heteroatoms. The van der Waals surface area contributed by atoms with Crippen LogP contribution in [0.1, 0.15) is 16.1 Å². The second-order valence-corrected chi connectivity index (χ2v) is 8.15. The summed E-state index contributed by atoms with van der Waals surface area (Å²) in [5.41, 5.74) is 2.99. The molecular weight excluding hydrogens is 406 g/mol. The lowest BCUT2D eigenvalue weighted by Crippen LogP contribution is -2.61. The van der Waals surface area contributed by atoms with Crippen LogP contribution in [0.25, 0.3) is 0 Å². The first-order chi connectivity index (χ1) is 15.6. The van der Waals surface area contributed by atoms with Gasteiger partial charge in [0, 0.05) is 37.1 Å². The number of hydrogen-bond donors (Lipinski definition) is 1. The highest BCUT2D eigenvalue weighted by molar-refractivity contribution is 5.95. The van der Waals surface area contributed by atoms with Gasteiger partial charge in [0.15, 0.2) is 5.76 Å². The van der Waals surface area contributed by atoms with E-state index in [0.29, 0.717) is 43.3 Å². The van der Waals surface area contributed by atoms with Gasteiger partial charge in [0.05, 0.1) is 25.3 Å². The molecule has 2 unspecified atom stereocenters. The minimum atomic E-state index is -0.302. The molecule has 0 saturated carbocycles. The van der Waals surface area contributed by atoms with Crippen LogP contribution in [0.4, 0.5) is 11.4 Å². The maximum atomic E-state index is 13.4. The van der Waals surface area contributed by atoms with Gasteiger partial charge in [0.1, 0.15) is 5.75 Å². The summed E-state index contributed by atoms with van der Waals surface area (Å²) < 4.78 is 10.6. The van der Waals surface area contributed by atoms with Gasteiger partial charge in [-0.2, -0.15) is 0 Å². The van der Waals surface area contributed by atoms with E-state index in [1.807, 2.05) is 30.3 Å². The summed E-state index contributed by atoms with van der Waals surface area (Å²) in [6, 6.07) is 18.8. The quantitative estimate of drug-likeness (QED) is 0.685. The fraction of sp³-hybridized carbons (Fsp3) is 0.280. The van der Waals surface area contributed by atoms with E-state index in [2.05, 4.69) is 22.3 Å². The number of nitrogens with zero attached hydrogens (tertiary/aromatic N) is 2. The van der Waals surface area contributed by atoms with Crippen LogP contribution in [0.15, 0.2) is 71.3 Å². The van der Waals surface area contributed by atoms with Gasteiger partial charge in [-0.05, 0) is 42.3 Å². The molecule has 1 saturated heterocycles. The summed E-state index contributed by atoms with van der Waals surface area (Å²) in [4.78, 5) is 30.4. The van der Waals surface area contributed by atoms with Crippen molar-refractivity contribution in [2.45, 2.75) is 12.5 Å². The average Bonchev–Trinajstić information content (AvgIpc) is 3.38. The van der Waals surface area contributed by atoms with Gasteiger partial charge in [0.25, 0.3) is 5.91 Å². The van der Waals surface area contributed by atoms with E-state index in [-0.39, 0.29) is 23.8 Å². The Morgan fingerprint density at radius 3 is 2.75 bits per heavy atom. The third kappa shape index (κ3) is 3.70. The molecule has 2 aromatic carbocycles. The third-order valence-electron chi connectivity index (χ3n) is 6.32. The van der Waals surface area contributed by atoms with Crippen molar-refractivity contribution in [1.29, 1.82) is 0 Å². The van der Waals surface area contributed by atoms with Crippen LogP contribution in [0.5, 0.6) is 5.75 Å². The Kier molecular flexibility index (Phi) is 5.31. The standard InChI is InChI=1S/C25H25N3O4/c1-31-19-8-4-7-18(15-19)26-24(29)20-14-17-6-2-3-9-21(17)28-12-11-27(16-22(20)28)25(30)23-10-5-13-32-23/h2-10,13,15,20,22H,11-12,14,16H2,1H3,(H,26,29). The first-order valence-electron chi connectivity index (χ1n) is 10.8. The van der Waals surface area contributed by atoms with Crippen molar-refractivity contribution >= 4 is 23.2 Å². The van der Waals surface area contributed by atoms with Gasteiger partial charge in [0.2, 0.25) is 5.91 Å². The fourth-order valence-electron chi connectivity index (χ4n) is 4.73. The number of fused-ring (bicyclic) bond motifs is 3. The lowest BCUT2D eigenvalue weighted by atomic mass is 9.83. The highest BCUT2D eigenvalue weighted by Crippen LogP contribution is 2.36. The number of nitrogens with one attached hydrogen (secondary N) is 1. The van der Waals surface area contributed by atoms with Gasteiger partial charge < -0.3 is 24.3 Å². The first-order valence-corrected chi connectivity index (χ1v) is 10.8. The number of methoxy groups -OCH3 is 1. The number of carbonyl (C=O) groups excluding carboxylic acids is 2. The zero-order chi connectivity index (χ0) is 22.1. The van der Waals surface area contributed by atoms with Crippen LogP contribution in [-0.2, 0) is 11.2 Å². The highest BCUT2D eigenvalue weighted by atomic mass is 16.5. The van der Waals surface area contributed by atoms with Crippen LogP contribution < -0.4 is 15.0 Å². The van der Waals surface area contributed by atoms with Crippen molar-refractivity contribution in [3.63, 3.8) is 0 Å². The molecule has 164 valence electrons. The minimum absolute atomic E-state index is 0.0601. The Balaban J connectivity index is 1.42. The minimum Gasteiger partial charge on any atom is -0.497 e. The van der Waals surface area contributed by atoms with E-state index >= 15 is 0 Å². The molecular formula is C25H25N3O4. The van der Waals surface area contributed by atoms with Crippen LogP contribution in [-0.4, -0.2) is 49.5 Å². The molecule has 0 radical (unpaired) electrons. The van der Waals surface area contributed by atoms with Crippen LogP contribution in [0.2, 0.25) is 0 Å². The number of ether oxygens (including phenoxy) is 1. The zero-order valence-corrected chi connectivity index (χ0v) is 17.9. The van der Waals surface area contributed by atoms with E-state index < -0.39 is 0 Å². The molecule has 0 aliphatic carbocycles. The van der Waals surface area contributed by atoms with Crippen LogP contribution >= 0.6 is 0 Å². The Morgan fingerprint density at radius 2 is 1.94 bits per heavy atom. The number of anilines is 2. The maximum Gasteiger partial charge on any atom is 0.289 e. The van der Waals surface area contributed by atoms with Gasteiger partial charge in [-0.25, -0.2) is 0 Å². The number of furan rings is 1. The Bertz CT molecular complexity index is 1130. The van der Waals surface area contributed by atoms with E-state index in [1.165, 1.54) is 6.26 Å². The second kappa shape index (κ2) is 8.42. The number of rotatable bonds is 4. The maximum absolute atomic E-state index is 13.4. The van der Waals surface area contributed by atoms with Gasteiger partial charge in [-0.15, -0.1) is 0 Å². The number of carbonyl (C=O) groups is 2. The summed E-state index contributed by atoms with van der Waals surface area (Å²) >= 11 is 0. The molecule has 7 nitrogen and oxygen atoms in total. The van der Waals surface area contributed by atoms with Gasteiger partial charge >= 0.3 is 0 Å². The number of hydrogen-bond acceptors (Lipinski definition) is 5. The topological polar surface area (TPSA) is 75.0 Å². The summed E-state index contributed by atoms with van der Waals surface area (Å²) in [6.45, 7) is 1.70. The lowest BCUT2D eigenvalue weighted by molar-refractivity contribution is -0.121. The molecule has 2 amide bonds. The largest absolute Gasteiger partial charge is 0.497 e. The number of piperazine rings is 1. The van der Waals surface area contributed by atoms with Crippen molar-refractivity contribution in [2.75, 3.05) is 37.0 Å². The van der Waals surface area contributed by atoms with E-state index in [0.717, 1.165) is 11.3 Å². The molecule has 2 aliphatic heterocycles. The van der Waals surface area contributed by atoms with Crippen LogP contribution in [0.3, 0.4) is 0 Å². The molecule has 1 aromatic heterocycles. The van der Waals surface area contributed by atoms with E-state index in [1.54, 1.807) is 30.2 Å². The van der Waals surface area contributed by atoms with Crippen molar-refractivity contribution in [2.24, 2.45) is 5.92 Å². The summed E-state index contributed by atoms with van der Waals surface area (Å²) in [5, 5.41) is 3.05. The molecule has 3 heterocycles. The average molecular weight is 431 g/mol. The summed E-state index contributed by atoms with van der Waals surface area (Å²) in [5.74, 6) is 0.511. The predicted molar refractivity (Wildman–Crippen MR) is 121 cm³/mol. The Morgan fingerprint density at radius 1 is 1.06 bits per heavy atom. The highest BCUT2D eigenvalue weighted by Gasteiger charge is 2.42. The predicted octanol–water partition coefficient (Wildman–Crippen LogP) is 3.43. The fourth-order valence-corrected chi connectivity index (χ4v) is 4.73. The smallest absolute Gasteiger partial charge is 0.289 e. The Hall–Kier alpha value is -3.74. The zero-order valence-electron chi connectivity index (χ0n) is 17.9. The molecule has 0 bridgehead atoms.